The van der Waals surface area contributed by atoms with Crippen LogP contribution in [0, 0.1) is 5.41 Å². The van der Waals surface area contributed by atoms with E-state index in [1.165, 1.54) is 0 Å². The van der Waals surface area contributed by atoms with E-state index in [1.54, 1.807) is 11.9 Å². The normalized spacial score (nSPS) is 12.4. The molecule has 1 unspecified atom stereocenters. The van der Waals surface area contributed by atoms with Gasteiger partial charge in [-0.05, 0) is 18.5 Å². The summed E-state index contributed by atoms with van der Waals surface area (Å²) >= 11 is 0. The third-order valence-corrected chi connectivity index (χ3v) is 5.32. The van der Waals surface area contributed by atoms with Crippen LogP contribution in [0.1, 0.15) is 44.7 Å². The maximum atomic E-state index is 12.9. The minimum absolute atomic E-state index is 0.349. The van der Waals surface area contributed by atoms with E-state index in [4.69, 9.17) is 15.5 Å². The predicted octanol–water partition coefficient (Wildman–Crippen LogP) is 5.10. The van der Waals surface area contributed by atoms with E-state index in [-0.39, 0.29) is 11.5 Å². The maximum Gasteiger partial charge on any atom is 0.410 e. The second-order valence-corrected chi connectivity index (χ2v) is 9.16. The van der Waals surface area contributed by atoms with E-state index in [0.717, 1.165) is 29.1 Å². The van der Waals surface area contributed by atoms with Crippen molar-refractivity contribution in [3.8, 4) is 11.3 Å². The highest BCUT2D eigenvalue weighted by Crippen LogP contribution is 2.37. The molecule has 6 heteroatoms. The molecule has 6 nitrogen and oxygen atoms in total. The molecule has 2 N–H and O–H groups in total. The first-order chi connectivity index (χ1) is 15.3. The van der Waals surface area contributed by atoms with Gasteiger partial charge in [0.1, 0.15) is 0 Å². The van der Waals surface area contributed by atoms with Gasteiger partial charge >= 0.3 is 6.09 Å². The molecule has 0 aliphatic heterocycles. The number of rotatable bonds is 8. The molecule has 3 aromatic rings. The number of nitrogens with zero attached hydrogens (tertiary/aromatic N) is 3. The molecule has 170 valence electrons. The van der Waals surface area contributed by atoms with Crippen molar-refractivity contribution in [3.63, 3.8) is 0 Å². The Morgan fingerprint density at radius 3 is 2.31 bits per heavy atom. The van der Waals surface area contributed by atoms with Crippen LogP contribution in [0.5, 0.6) is 0 Å². The summed E-state index contributed by atoms with van der Waals surface area (Å²) in [6, 6.07) is 20.3. The molecule has 0 saturated heterocycles. The van der Waals surface area contributed by atoms with E-state index < -0.39 is 6.10 Å². The lowest BCUT2D eigenvalue weighted by Gasteiger charge is -2.31. The molecule has 1 aromatic heterocycles. The average Bonchev–Trinajstić information content (AvgIpc) is 3.19. The number of imidazole rings is 1. The second kappa shape index (κ2) is 10.5. The molecule has 0 fully saturated rings. The zero-order chi connectivity index (χ0) is 23.1. The summed E-state index contributed by atoms with van der Waals surface area (Å²) in [6.45, 7) is 7.92. The van der Waals surface area contributed by atoms with Crippen molar-refractivity contribution < 1.29 is 9.53 Å². The van der Waals surface area contributed by atoms with Crippen molar-refractivity contribution in [2.75, 3.05) is 20.1 Å². The van der Waals surface area contributed by atoms with Gasteiger partial charge in [-0.1, -0.05) is 81.4 Å². The lowest BCUT2D eigenvalue weighted by molar-refractivity contribution is 0.00550. The summed E-state index contributed by atoms with van der Waals surface area (Å²) in [4.78, 5) is 19.4. The van der Waals surface area contributed by atoms with Crippen LogP contribution in [0.25, 0.3) is 11.3 Å². The van der Waals surface area contributed by atoms with Gasteiger partial charge < -0.3 is 19.9 Å². The molecule has 32 heavy (non-hydrogen) atoms. The summed E-state index contributed by atoms with van der Waals surface area (Å²) in [7, 11) is 1.74. The number of amides is 1. The minimum atomic E-state index is -0.517. The third kappa shape index (κ3) is 5.98. The average molecular weight is 435 g/mol. The Kier molecular flexibility index (Phi) is 7.70. The highest BCUT2D eigenvalue weighted by atomic mass is 16.6. The zero-order valence-corrected chi connectivity index (χ0v) is 19.5. The smallest absolute Gasteiger partial charge is 0.410 e. The molecule has 0 radical (unpaired) electrons. The van der Waals surface area contributed by atoms with Crippen molar-refractivity contribution in [3.05, 3.63) is 78.2 Å². The fraction of sp³-hybridized carbons (Fsp3) is 0.385. The standard InChI is InChI=1S/C26H34N4O2/c1-26(2,3)23(32-25(31)29(4)17-11-16-27)24-28-22(21-14-9-6-10-15-21)19-30(24)18-20-12-7-5-8-13-20/h5-10,12-15,19,23H,11,16-18,27H2,1-4H3. The highest BCUT2D eigenvalue weighted by Gasteiger charge is 2.35. The van der Waals surface area contributed by atoms with Crippen LogP contribution in [0.15, 0.2) is 66.9 Å². The summed E-state index contributed by atoms with van der Waals surface area (Å²) < 4.78 is 8.15. The van der Waals surface area contributed by atoms with Gasteiger partial charge in [0.2, 0.25) is 0 Å². The molecular formula is C26H34N4O2. The Balaban J connectivity index is 2.00. The summed E-state index contributed by atoms with van der Waals surface area (Å²) in [5.41, 5.74) is 8.29. The topological polar surface area (TPSA) is 73.4 Å². The molecule has 0 aliphatic carbocycles. The summed E-state index contributed by atoms with van der Waals surface area (Å²) in [5, 5.41) is 0. The quantitative estimate of drug-likeness (QED) is 0.535. The Labute approximate surface area is 191 Å². The van der Waals surface area contributed by atoms with Crippen molar-refractivity contribution in [2.45, 2.75) is 39.8 Å². The van der Waals surface area contributed by atoms with Gasteiger partial charge in [0.25, 0.3) is 0 Å². The van der Waals surface area contributed by atoms with E-state index >= 15 is 0 Å². The molecule has 2 aromatic carbocycles. The maximum absolute atomic E-state index is 12.9. The van der Waals surface area contributed by atoms with E-state index in [9.17, 15) is 4.79 Å². The molecule has 1 atom stereocenters. The number of carbonyl (C=O) groups excluding carboxylic acids is 1. The fourth-order valence-electron chi connectivity index (χ4n) is 3.52. The largest absolute Gasteiger partial charge is 0.437 e. The van der Waals surface area contributed by atoms with Crippen molar-refractivity contribution >= 4 is 6.09 Å². The molecule has 1 amide bonds. The number of hydrogen-bond donors (Lipinski definition) is 1. The monoisotopic (exact) mass is 434 g/mol. The van der Waals surface area contributed by atoms with E-state index in [0.29, 0.717) is 19.6 Å². The summed E-state index contributed by atoms with van der Waals surface area (Å²) in [6.07, 6.45) is 1.89. The van der Waals surface area contributed by atoms with E-state index in [2.05, 4.69) is 37.5 Å². The number of benzene rings is 2. The molecule has 3 rings (SSSR count). The lowest BCUT2D eigenvalue weighted by Crippen LogP contribution is -2.34. The van der Waals surface area contributed by atoms with Crippen LogP contribution in [-0.2, 0) is 11.3 Å². The Morgan fingerprint density at radius 1 is 1.09 bits per heavy atom. The number of aromatic nitrogens is 2. The number of carbonyl (C=O) groups is 1. The van der Waals surface area contributed by atoms with Gasteiger partial charge in [0.15, 0.2) is 11.9 Å². The Hall–Kier alpha value is -3.12. The fourth-order valence-corrected chi connectivity index (χ4v) is 3.52. The van der Waals surface area contributed by atoms with Gasteiger partial charge in [-0.25, -0.2) is 9.78 Å². The first kappa shape index (κ1) is 23.5. The highest BCUT2D eigenvalue weighted by molar-refractivity contribution is 5.67. The summed E-state index contributed by atoms with van der Waals surface area (Å²) in [5.74, 6) is 0.737. The van der Waals surface area contributed by atoms with Gasteiger partial charge in [-0.15, -0.1) is 0 Å². The molecule has 0 aliphatic rings. The van der Waals surface area contributed by atoms with Crippen molar-refractivity contribution in [2.24, 2.45) is 11.1 Å². The third-order valence-electron chi connectivity index (χ3n) is 5.32. The predicted molar refractivity (Wildman–Crippen MR) is 128 cm³/mol. The van der Waals surface area contributed by atoms with Gasteiger partial charge in [0.05, 0.1) is 5.69 Å². The number of ether oxygens (including phenoxy) is 1. The Morgan fingerprint density at radius 2 is 1.72 bits per heavy atom. The molecule has 1 heterocycles. The molecular weight excluding hydrogens is 400 g/mol. The van der Waals surface area contributed by atoms with E-state index in [1.807, 2.05) is 54.7 Å². The first-order valence-electron chi connectivity index (χ1n) is 11.1. The Bertz CT molecular complexity index is 994. The van der Waals surface area contributed by atoms with Crippen LogP contribution in [0.3, 0.4) is 0 Å². The van der Waals surface area contributed by atoms with Gasteiger partial charge in [-0.3, -0.25) is 0 Å². The SMILES string of the molecule is CN(CCCN)C(=O)OC(c1nc(-c2ccccc2)cn1Cc1ccccc1)C(C)(C)C. The van der Waals surface area contributed by atoms with Crippen molar-refractivity contribution in [1.29, 1.82) is 0 Å². The van der Waals surface area contributed by atoms with Crippen LogP contribution in [0.2, 0.25) is 0 Å². The molecule has 0 saturated carbocycles. The van der Waals surface area contributed by atoms with Gasteiger partial charge in [-0.2, -0.15) is 0 Å². The first-order valence-corrected chi connectivity index (χ1v) is 11.1. The van der Waals surface area contributed by atoms with Crippen LogP contribution >= 0.6 is 0 Å². The van der Waals surface area contributed by atoms with Crippen molar-refractivity contribution in [1.82, 2.24) is 14.5 Å². The zero-order valence-electron chi connectivity index (χ0n) is 19.5. The van der Waals surface area contributed by atoms with Crippen LogP contribution < -0.4 is 5.73 Å². The minimum Gasteiger partial charge on any atom is -0.437 e. The molecule has 0 spiro atoms. The molecule has 0 bridgehead atoms. The number of hydrogen-bond acceptors (Lipinski definition) is 4. The lowest BCUT2D eigenvalue weighted by atomic mass is 9.88. The van der Waals surface area contributed by atoms with Gasteiger partial charge in [0, 0.05) is 37.3 Å². The second-order valence-electron chi connectivity index (χ2n) is 9.16. The van der Waals surface area contributed by atoms with Crippen LogP contribution in [-0.4, -0.2) is 40.7 Å². The van der Waals surface area contributed by atoms with Crippen LogP contribution in [0.4, 0.5) is 4.79 Å². The number of nitrogens with two attached hydrogens (primary N) is 1.